The van der Waals surface area contributed by atoms with Crippen molar-refractivity contribution in [1.82, 2.24) is 15.5 Å². The van der Waals surface area contributed by atoms with Gasteiger partial charge in [-0.15, -0.1) is 0 Å². The Morgan fingerprint density at radius 2 is 1.93 bits per heavy atom. The maximum atomic E-state index is 12.7. The monoisotopic (exact) mass is 418 g/mol. The van der Waals surface area contributed by atoms with Gasteiger partial charge in [0.1, 0.15) is 0 Å². The van der Waals surface area contributed by atoms with Crippen molar-refractivity contribution < 1.29 is 14.3 Å². The molecule has 7 heteroatoms. The van der Waals surface area contributed by atoms with Crippen molar-refractivity contribution in [3.63, 3.8) is 0 Å². The summed E-state index contributed by atoms with van der Waals surface area (Å²) in [4.78, 5) is 18.8. The molecule has 0 aliphatic heterocycles. The van der Waals surface area contributed by atoms with Crippen LogP contribution >= 0.6 is 0 Å². The second kappa shape index (κ2) is 11.7. The lowest BCUT2D eigenvalue weighted by molar-refractivity contribution is -0.138. The third-order valence-electron chi connectivity index (χ3n) is 5.70. The third-order valence-corrected chi connectivity index (χ3v) is 5.70. The fraction of sp³-hybridized carbons (Fsp3) is 0.652. The number of nitrogens with zero attached hydrogens (tertiary/aromatic N) is 2. The Kier molecular flexibility index (Phi) is 9.27. The standard InChI is InChI=1S/C23H38N4O3/c1-6-30-20-16-18(11-12-19(20)29-5)10-9-15-25-22(24-2)26-17-23(13-7-8-14-23)21(28)27(3)4/h11-12,16H,6-10,13-15,17H2,1-5H3,(H2,24,25,26). The molecular formula is C23H38N4O3. The van der Waals surface area contributed by atoms with Crippen LogP contribution in [0.4, 0.5) is 0 Å². The van der Waals surface area contributed by atoms with Gasteiger partial charge in [0, 0.05) is 34.2 Å². The van der Waals surface area contributed by atoms with Gasteiger partial charge in [0.15, 0.2) is 17.5 Å². The number of guanidine groups is 1. The number of aryl methyl sites for hydroxylation is 1. The highest BCUT2D eigenvalue weighted by Gasteiger charge is 2.42. The van der Waals surface area contributed by atoms with Crippen molar-refractivity contribution in [2.45, 2.75) is 45.4 Å². The average molecular weight is 419 g/mol. The van der Waals surface area contributed by atoms with Crippen molar-refractivity contribution in [2.24, 2.45) is 10.4 Å². The van der Waals surface area contributed by atoms with Crippen LogP contribution in [0.25, 0.3) is 0 Å². The molecule has 0 bridgehead atoms. The van der Waals surface area contributed by atoms with Gasteiger partial charge in [-0.05, 0) is 50.3 Å². The first-order chi connectivity index (χ1) is 14.5. The quantitative estimate of drug-likeness (QED) is 0.347. The van der Waals surface area contributed by atoms with Crippen molar-refractivity contribution in [1.29, 1.82) is 0 Å². The predicted octanol–water partition coefficient (Wildman–Crippen LogP) is 2.84. The highest BCUT2D eigenvalue weighted by atomic mass is 16.5. The van der Waals surface area contributed by atoms with E-state index in [4.69, 9.17) is 9.47 Å². The summed E-state index contributed by atoms with van der Waals surface area (Å²) >= 11 is 0. The summed E-state index contributed by atoms with van der Waals surface area (Å²) in [5.74, 6) is 2.51. The van der Waals surface area contributed by atoms with Gasteiger partial charge in [-0.3, -0.25) is 9.79 Å². The Morgan fingerprint density at radius 3 is 2.53 bits per heavy atom. The van der Waals surface area contributed by atoms with E-state index in [-0.39, 0.29) is 11.3 Å². The number of amides is 1. The number of aliphatic imine (C=N–C) groups is 1. The van der Waals surface area contributed by atoms with E-state index in [0.717, 1.165) is 62.5 Å². The van der Waals surface area contributed by atoms with E-state index >= 15 is 0 Å². The maximum Gasteiger partial charge on any atom is 0.230 e. The summed E-state index contributed by atoms with van der Waals surface area (Å²) in [7, 11) is 7.10. The molecule has 0 aromatic heterocycles. The zero-order valence-corrected chi connectivity index (χ0v) is 19.2. The van der Waals surface area contributed by atoms with E-state index in [9.17, 15) is 4.79 Å². The minimum atomic E-state index is -0.306. The number of benzene rings is 1. The van der Waals surface area contributed by atoms with Gasteiger partial charge in [-0.25, -0.2) is 0 Å². The molecule has 2 rings (SSSR count). The zero-order chi connectivity index (χ0) is 22.0. The molecule has 0 unspecified atom stereocenters. The van der Waals surface area contributed by atoms with Crippen LogP contribution in [-0.4, -0.2) is 64.7 Å². The fourth-order valence-electron chi connectivity index (χ4n) is 4.11. The highest BCUT2D eigenvalue weighted by Crippen LogP contribution is 2.38. The van der Waals surface area contributed by atoms with E-state index in [0.29, 0.717) is 13.2 Å². The van der Waals surface area contributed by atoms with Crippen LogP contribution in [-0.2, 0) is 11.2 Å². The molecule has 0 spiro atoms. The Morgan fingerprint density at radius 1 is 1.20 bits per heavy atom. The van der Waals surface area contributed by atoms with Crippen molar-refractivity contribution >= 4 is 11.9 Å². The summed E-state index contributed by atoms with van der Waals surface area (Å²) in [6.07, 6.45) is 5.98. The van der Waals surface area contributed by atoms with Gasteiger partial charge in [0.2, 0.25) is 5.91 Å². The number of ether oxygens (including phenoxy) is 2. The Bertz CT molecular complexity index is 712. The molecule has 7 nitrogen and oxygen atoms in total. The predicted molar refractivity (Wildman–Crippen MR) is 121 cm³/mol. The molecule has 2 N–H and O–H groups in total. The number of nitrogens with one attached hydrogen (secondary N) is 2. The molecular weight excluding hydrogens is 380 g/mol. The molecule has 1 aliphatic carbocycles. The Balaban J connectivity index is 1.82. The van der Waals surface area contributed by atoms with Crippen molar-refractivity contribution in [3.05, 3.63) is 23.8 Å². The number of carbonyl (C=O) groups is 1. The van der Waals surface area contributed by atoms with Gasteiger partial charge in [-0.2, -0.15) is 0 Å². The number of hydrogen-bond donors (Lipinski definition) is 2. The van der Waals surface area contributed by atoms with E-state index in [1.807, 2.05) is 33.2 Å². The lowest BCUT2D eigenvalue weighted by Gasteiger charge is -2.31. The van der Waals surface area contributed by atoms with E-state index in [2.05, 4.69) is 21.7 Å². The van der Waals surface area contributed by atoms with Crippen LogP contribution in [0.2, 0.25) is 0 Å². The van der Waals surface area contributed by atoms with E-state index in [1.54, 1.807) is 19.1 Å². The molecule has 1 aliphatic rings. The molecule has 1 fully saturated rings. The molecule has 1 saturated carbocycles. The summed E-state index contributed by atoms with van der Waals surface area (Å²) in [5, 5.41) is 6.75. The number of hydrogen-bond acceptors (Lipinski definition) is 4. The minimum absolute atomic E-state index is 0.215. The molecule has 1 aromatic carbocycles. The van der Waals surface area contributed by atoms with E-state index < -0.39 is 0 Å². The first kappa shape index (κ1) is 23.8. The second-order valence-corrected chi connectivity index (χ2v) is 8.06. The topological polar surface area (TPSA) is 75.2 Å². The molecule has 30 heavy (non-hydrogen) atoms. The van der Waals surface area contributed by atoms with Crippen LogP contribution in [0.3, 0.4) is 0 Å². The number of carbonyl (C=O) groups excluding carboxylic acids is 1. The average Bonchev–Trinajstić information content (AvgIpc) is 3.23. The molecule has 168 valence electrons. The summed E-state index contributed by atoms with van der Waals surface area (Å²) in [6.45, 7) is 4.00. The normalized spacial score (nSPS) is 15.6. The third kappa shape index (κ3) is 6.28. The maximum absolute atomic E-state index is 12.7. The molecule has 0 radical (unpaired) electrons. The van der Waals surface area contributed by atoms with Gasteiger partial charge in [0.25, 0.3) is 0 Å². The Hall–Kier alpha value is -2.44. The first-order valence-corrected chi connectivity index (χ1v) is 10.9. The van der Waals surface area contributed by atoms with Crippen molar-refractivity contribution in [3.8, 4) is 11.5 Å². The van der Waals surface area contributed by atoms with Crippen LogP contribution < -0.4 is 20.1 Å². The van der Waals surface area contributed by atoms with Gasteiger partial charge >= 0.3 is 0 Å². The summed E-state index contributed by atoms with van der Waals surface area (Å²) < 4.78 is 11.0. The van der Waals surface area contributed by atoms with Crippen LogP contribution in [0.5, 0.6) is 11.5 Å². The SMILES string of the molecule is CCOc1cc(CCCNC(=NC)NCC2(C(=O)N(C)C)CCCC2)ccc1OC. The second-order valence-electron chi connectivity index (χ2n) is 8.06. The van der Waals surface area contributed by atoms with Gasteiger partial charge in [-0.1, -0.05) is 18.9 Å². The number of methoxy groups -OCH3 is 1. The van der Waals surface area contributed by atoms with Crippen molar-refractivity contribution in [2.75, 3.05) is 47.9 Å². The zero-order valence-electron chi connectivity index (χ0n) is 19.2. The first-order valence-electron chi connectivity index (χ1n) is 10.9. The molecule has 0 saturated heterocycles. The molecule has 1 amide bonds. The highest BCUT2D eigenvalue weighted by molar-refractivity contribution is 5.85. The number of rotatable bonds is 10. The molecule has 1 aromatic rings. The molecule has 0 heterocycles. The lowest BCUT2D eigenvalue weighted by atomic mass is 9.84. The smallest absolute Gasteiger partial charge is 0.230 e. The van der Waals surface area contributed by atoms with Crippen LogP contribution in [0.15, 0.2) is 23.2 Å². The fourth-order valence-corrected chi connectivity index (χ4v) is 4.11. The lowest BCUT2D eigenvalue weighted by Crippen LogP contribution is -2.49. The molecule has 0 atom stereocenters. The van der Waals surface area contributed by atoms with Crippen LogP contribution in [0.1, 0.15) is 44.6 Å². The van der Waals surface area contributed by atoms with Gasteiger partial charge in [0.05, 0.1) is 19.1 Å². The largest absolute Gasteiger partial charge is 0.493 e. The van der Waals surface area contributed by atoms with Crippen LogP contribution in [0, 0.1) is 5.41 Å². The summed E-state index contributed by atoms with van der Waals surface area (Å²) in [5.41, 5.74) is 0.908. The summed E-state index contributed by atoms with van der Waals surface area (Å²) in [6, 6.07) is 6.08. The van der Waals surface area contributed by atoms with Gasteiger partial charge < -0.3 is 25.0 Å². The van der Waals surface area contributed by atoms with E-state index in [1.165, 1.54) is 5.56 Å². The Labute approximate surface area is 181 Å². The minimum Gasteiger partial charge on any atom is -0.493 e.